The van der Waals surface area contributed by atoms with E-state index in [4.69, 9.17) is 9.84 Å². The smallest absolute Gasteiger partial charge is 0.407 e. The Balaban J connectivity index is 1.44. The Bertz CT molecular complexity index is 944. The molecule has 0 heterocycles. The van der Waals surface area contributed by atoms with E-state index in [1.54, 1.807) is 6.92 Å². The van der Waals surface area contributed by atoms with E-state index in [0.717, 1.165) is 11.1 Å². The van der Waals surface area contributed by atoms with Gasteiger partial charge in [-0.3, -0.25) is 4.79 Å². The third-order valence-electron chi connectivity index (χ3n) is 6.13. The number of alkyl carbamates (subject to hydrolysis) is 1. The topological polar surface area (TPSA) is 95.9 Å². The molecule has 0 aliphatic heterocycles. The van der Waals surface area contributed by atoms with Gasteiger partial charge < -0.3 is 20.1 Å². The summed E-state index contributed by atoms with van der Waals surface area (Å²) >= 11 is 0. The molecule has 0 fully saturated rings. The molecule has 32 heavy (non-hydrogen) atoms. The number of amides is 2. The fourth-order valence-electron chi connectivity index (χ4n) is 4.08. The molecule has 2 aromatic rings. The van der Waals surface area contributed by atoms with Crippen LogP contribution in [-0.4, -0.2) is 54.2 Å². The number of likely N-dealkylation sites (N-methyl/N-ethyl adjacent to an activating group) is 1. The molecule has 1 unspecified atom stereocenters. The Labute approximate surface area is 188 Å². The van der Waals surface area contributed by atoms with E-state index in [0.29, 0.717) is 19.4 Å². The van der Waals surface area contributed by atoms with Crippen LogP contribution in [0.4, 0.5) is 4.79 Å². The van der Waals surface area contributed by atoms with Gasteiger partial charge in [0.05, 0.1) is 0 Å². The molecular formula is C25H30N2O5. The largest absolute Gasteiger partial charge is 0.480 e. The number of carbonyl (C=O) groups is 3. The average molecular weight is 439 g/mol. The van der Waals surface area contributed by atoms with Crippen molar-refractivity contribution in [2.75, 3.05) is 20.2 Å². The van der Waals surface area contributed by atoms with Gasteiger partial charge in [-0.25, -0.2) is 9.59 Å². The van der Waals surface area contributed by atoms with Crippen molar-refractivity contribution in [3.8, 4) is 11.1 Å². The minimum atomic E-state index is -1.04. The van der Waals surface area contributed by atoms with Crippen molar-refractivity contribution in [2.45, 2.75) is 38.6 Å². The van der Waals surface area contributed by atoms with Gasteiger partial charge in [0.1, 0.15) is 12.6 Å². The summed E-state index contributed by atoms with van der Waals surface area (Å²) in [4.78, 5) is 36.8. The lowest BCUT2D eigenvalue weighted by molar-refractivity contribution is -0.149. The third-order valence-corrected chi connectivity index (χ3v) is 6.13. The highest BCUT2D eigenvalue weighted by molar-refractivity contribution is 5.84. The second-order valence-electron chi connectivity index (χ2n) is 8.26. The van der Waals surface area contributed by atoms with E-state index in [1.165, 1.54) is 30.0 Å². The van der Waals surface area contributed by atoms with Gasteiger partial charge in [-0.1, -0.05) is 55.5 Å². The lowest BCUT2D eigenvalue weighted by Crippen LogP contribution is -2.42. The number of aliphatic carboxylic acids is 1. The van der Waals surface area contributed by atoms with Crippen molar-refractivity contribution in [3.05, 3.63) is 59.7 Å². The number of rotatable bonds is 9. The number of benzene rings is 2. The number of hydrogen-bond donors (Lipinski definition) is 2. The lowest BCUT2D eigenvalue weighted by atomic mass is 9.98. The van der Waals surface area contributed by atoms with E-state index < -0.39 is 18.1 Å². The number of nitrogens with one attached hydrogen (secondary N) is 1. The Hall–Kier alpha value is -3.35. The Morgan fingerprint density at radius 2 is 1.59 bits per heavy atom. The predicted octanol–water partition coefficient (Wildman–Crippen LogP) is 3.87. The first-order valence-electron chi connectivity index (χ1n) is 10.9. The maximum Gasteiger partial charge on any atom is 0.407 e. The van der Waals surface area contributed by atoms with Crippen LogP contribution in [-0.2, 0) is 14.3 Å². The van der Waals surface area contributed by atoms with Crippen molar-refractivity contribution < 1.29 is 24.2 Å². The monoisotopic (exact) mass is 438 g/mol. The number of fused-ring (bicyclic) bond motifs is 3. The van der Waals surface area contributed by atoms with Crippen LogP contribution in [0.5, 0.6) is 0 Å². The van der Waals surface area contributed by atoms with Gasteiger partial charge in [0, 0.05) is 25.4 Å². The van der Waals surface area contributed by atoms with Crippen LogP contribution in [0.3, 0.4) is 0 Å². The summed E-state index contributed by atoms with van der Waals surface area (Å²) in [5.41, 5.74) is 4.68. The molecule has 3 rings (SSSR count). The first-order valence-corrected chi connectivity index (χ1v) is 10.9. The van der Waals surface area contributed by atoms with Crippen molar-refractivity contribution in [3.63, 3.8) is 0 Å². The van der Waals surface area contributed by atoms with Gasteiger partial charge in [0.15, 0.2) is 0 Å². The van der Waals surface area contributed by atoms with Crippen LogP contribution in [0.2, 0.25) is 0 Å². The van der Waals surface area contributed by atoms with E-state index in [-0.39, 0.29) is 24.3 Å². The summed E-state index contributed by atoms with van der Waals surface area (Å²) < 4.78 is 5.50. The molecule has 0 saturated heterocycles. The van der Waals surface area contributed by atoms with Crippen molar-refractivity contribution in [1.29, 1.82) is 0 Å². The van der Waals surface area contributed by atoms with Crippen molar-refractivity contribution in [1.82, 2.24) is 10.2 Å². The highest BCUT2D eigenvalue weighted by atomic mass is 16.5. The highest BCUT2D eigenvalue weighted by Crippen LogP contribution is 2.44. The van der Waals surface area contributed by atoms with Crippen LogP contribution in [0, 0.1) is 5.92 Å². The molecule has 2 aromatic carbocycles. The third kappa shape index (κ3) is 5.10. The van der Waals surface area contributed by atoms with Gasteiger partial charge in [0.2, 0.25) is 5.91 Å². The summed E-state index contributed by atoms with van der Waals surface area (Å²) in [7, 11) is 1.49. The number of carbonyl (C=O) groups excluding carboxylic acids is 2. The zero-order valence-corrected chi connectivity index (χ0v) is 18.7. The molecule has 7 heteroatoms. The fourth-order valence-corrected chi connectivity index (χ4v) is 4.08. The number of hydrogen-bond acceptors (Lipinski definition) is 4. The van der Waals surface area contributed by atoms with E-state index in [9.17, 15) is 14.4 Å². The normalized spacial score (nSPS) is 14.1. The number of nitrogens with zero attached hydrogens (tertiary/aromatic N) is 1. The van der Waals surface area contributed by atoms with Crippen molar-refractivity contribution >= 4 is 18.0 Å². The number of carboxylic acids is 1. The lowest BCUT2D eigenvalue weighted by Gasteiger charge is -2.24. The van der Waals surface area contributed by atoms with E-state index in [1.807, 2.05) is 24.3 Å². The van der Waals surface area contributed by atoms with Gasteiger partial charge in [-0.05, 0) is 42.0 Å². The Kier molecular flexibility index (Phi) is 7.51. The highest BCUT2D eigenvalue weighted by Gasteiger charge is 2.29. The molecule has 2 atom stereocenters. The minimum Gasteiger partial charge on any atom is -0.480 e. The molecule has 0 bridgehead atoms. The average Bonchev–Trinajstić information content (AvgIpc) is 3.12. The zero-order chi connectivity index (χ0) is 23.3. The van der Waals surface area contributed by atoms with Crippen LogP contribution >= 0.6 is 0 Å². The predicted molar refractivity (Wildman–Crippen MR) is 121 cm³/mol. The Morgan fingerprint density at radius 1 is 1.03 bits per heavy atom. The SMILES string of the molecule is CC(CCCNC(=O)OCC1c2ccccc2-c2ccccc21)C(=O)N(C)[C@@H](C)C(=O)O. The summed E-state index contributed by atoms with van der Waals surface area (Å²) in [6.45, 7) is 3.88. The second kappa shape index (κ2) is 10.3. The second-order valence-corrected chi connectivity index (χ2v) is 8.26. The van der Waals surface area contributed by atoms with E-state index in [2.05, 4.69) is 29.6 Å². The van der Waals surface area contributed by atoms with Crippen LogP contribution in [0.1, 0.15) is 43.7 Å². The minimum absolute atomic E-state index is 0.0116. The molecule has 0 radical (unpaired) electrons. The van der Waals surface area contributed by atoms with Crippen molar-refractivity contribution in [2.24, 2.45) is 5.92 Å². The maximum absolute atomic E-state index is 12.3. The zero-order valence-electron chi connectivity index (χ0n) is 18.7. The number of ether oxygens (including phenoxy) is 1. The summed E-state index contributed by atoms with van der Waals surface area (Å²) in [5.74, 6) is -1.57. The van der Waals surface area contributed by atoms with Crippen LogP contribution < -0.4 is 5.32 Å². The molecule has 2 amide bonds. The summed E-state index contributed by atoms with van der Waals surface area (Å²) in [6.07, 6.45) is 0.647. The fraction of sp³-hybridized carbons (Fsp3) is 0.400. The molecule has 0 spiro atoms. The molecule has 1 aliphatic carbocycles. The van der Waals surface area contributed by atoms with Crippen LogP contribution in [0.15, 0.2) is 48.5 Å². The number of carboxylic acid groups (broad SMARTS) is 1. The van der Waals surface area contributed by atoms with Gasteiger partial charge in [0.25, 0.3) is 0 Å². The molecule has 170 valence electrons. The van der Waals surface area contributed by atoms with E-state index >= 15 is 0 Å². The molecular weight excluding hydrogens is 408 g/mol. The van der Waals surface area contributed by atoms with Gasteiger partial charge >= 0.3 is 12.1 Å². The molecule has 0 saturated carbocycles. The summed E-state index contributed by atoms with van der Waals surface area (Å²) in [5, 5.41) is 11.8. The molecule has 2 N–H and O–H groups in total. The maximum atomic E-state index is 12.3. The molecule has 1 aliphatic rings. The first-order chi connectivity index (χ1) is 15.3. The summed E-state index contributed by atoms with van der Waals surface area (Å²) in [6, 6.07) is 15.5. The van der Waals surface area contributed by atoms with Crippen LogP contribution in [0.25, 0.3) is 11.1 Å². The standard InChI is InChI=1S/C25H30N2O5/c1-16(23(28)27(3)17(2)24(29)30)9-8-14-26-25(31)32-15-22-20-12-6-4-10-18(20)19-11-5-7-13-21(19)22/h4-7,10-13,16-17,22H,8-9,14-15H2,1-3H3,(H,26,31)(H,29,30)/t16?,17-/m0/s1. The quantitative estimate of drug-likeness (QED) is 0.580. The molecule has 0 aromatic heterocycles. The first kappa shape index (κ1) is 23.3. The Morgan fingerprint density at radius 3 is 2.16 bits per heavy atom. The van der Waals surface area contributed by atoms with Gasteiger partial charge in [-0.15, -0.1) is 0 Å². The van der Waals surface area contributed by atoms with Gasteiger partial charge in [-0.2, -0.15) is 0 Å². The molecule has 7 nitrogen and oxygen atoms in total.